The van der Waals surface area contributed by atoms with Gasteiger partial charge in [-0.2, -0.15) is 0 Å². The Morgan fingerprint density at radius 2 is 1.28 bits per heavy atom. The van der Waals surface area contributed by atoms with Crippen LogP contribution in [0.4, 0.5) is 22.7 Å². The number of para-hydroxylation sites is 2. The standard InChI is InChI=1S/C54H39BN2/c55-52-48-32-36-29-35-17-9-10-22-39(35)49(36)51(52)41-24-13-23-40(43-30-33-15-7-8-16-34(33)31-46(43)56)50(41)42-25-14-27-45-53(42)57(48)47-28-12-11-26-44(47)54(45,37-18-3-1-4-19-37)38-20-5-2-6-21-38/h1-9,11-12,14-21,24-28,30-32H,10,13,22-23,29,56H2. The minimum atomic E-state index is -0.610. The molecule has 2 N–H and O–H groups in total. The zero-order chi connectivity index (χ0) is 37.8. The molecule has 5 aliphatic rings. The van der Waals surface area contributed by atoms with Crippen LogP contribution in [0.2, 0.25) is 0 Å². The van der Waals surface area contributed by atoms with Crippen molar-refractivity contribution in [2.45, 2.75) is 37.5 Å². The van der Waals surface area contributed by atoms with Crippen molar-refractivity contribution in [2.24, 2.45) is 0 Å². The summed E-state index contributed by atoms with van der Waals surface area (Å²) in [5, 5.41) is 2.35. The molecule has 7 aromatic rings. The highest BCUT2D eigenvalue weighted by Crippen LogP contribution is 2.62. The van der Waals surface area contributed by atoms with Crippen molar-refractivity contribution in [3.63, 3.8) is 0 Å². The minimum Gasteiger partial charge on any atom is -0.398 e. The molecule has 2 heterocycles. The average molecular weight is 727 g/mol. The molecular formula is C54H39BN2. The summed E-state index contributed by atoms with van der Waals surface area (Å²) >= 11 is 0. The summed E-state index contributed by atoms with van der Waals surface area (Å²) in [4.78, 5) is 2.52. The van der Waals surface area contributed by atoms with Gasteiger partial charge >= 0.3 is 0 Å². The topological polar surface area (TPSA) is 29.3 Å². The van der Waals surface area contributed by atoms with Gasteiger partial charge in [0.25, 0.3) is 0 Å². The summed E-state index contributed by atoms with van der Waals surface area (Å²) in [6, 6.07) is 53.7. The Labute approximate surface area is 335 Å². The van der Waals surface area contributed by atoms with E-state index in [4.69, 9.17) is 13.6 Å². The molecule has 3 heteroatoms. The number of fused-ring (bicyclic) bond motifs is 12. The van der Waals surface area contributed by atoms with E-state index in [1.165, 1.54) is 83.4 Å². The molecule has 0 spiro atoms. The number of nitrogens with two attached hydrogens (primary N) is 1. The molecule has 0 atom stereocenters. The van der Waals surface area contributed by atoms with Gasteiger partial charge in [-0.05, 0) is 134 Å². The molecule has 0 amide bonds. The fourth-order valence-corrected chi connectivity index (χ4v) is 11.1. The van der Waals surface area contributed by atoms with Crippen molar-refractivity contribution in [1.29, 1.82) is 0 Å². The monoisotopic (exact) mass is 726 g/mol. The molecule has 2 bridgehead atoms. The Balaban J connectivity index is 1.28. The van der Waals surface area contributed by atoms with E-state index in [-0.39, 0.29) is 0 Å². The Morgan fingerprint density at radius 1 is 0.596 bits per heavy atom. The molecule has 2 radical (unpaired) electrons. The van der Waals surface area contributed by atoms with Crippen molar-refractivity contribution < 1.29 is 0 Å². The molecule has 0 fully saturated rings. The van der Waals surface area contributed by atoms with E-state index in [9.17, 15) is 0 Å². The van der Waals surface area contributed by atoms with Gasteiger partial charge in [-0.1, -0.05) is 145 Å². The Bertz CT molecular complexity index is 2960. The first-order valence-corrected chi connectivity index (χ1v) is 20.3. The third-order valence-corrected chi connectivity index (χ3v) is 13.3. The smallest absolute Gasteiger partial charge is 0.117 e. The first-order chi connectivity index (χ1) is 28.1. The largest absolute Gasteiger partial charge is 0.398 e. The highest BCUT2D eigenvalue weighted by molar-refractivity contribution is 6.42. The van der Waals surface area contributed by atoms with E-state index in [2.05, 4.69) is 169 Å². The van der Waals surface area contributed by atoms with Gasteiger partial charge in [0.05, 0.1) is 16.8 Å². The van der Waals surface area contributed by atoms with Crippen LogP contribution in [0.1, 0.15) is 75.8 Å². The second-order valence-corrected chi connectivity index (χ2v) is 16.2. The van der Waals surface area contributed by atoms with Crippen molar-refractivity contribution in [2.75, 3.05) is 10.6 Å². The number of hydrogen-bond acceptors (Lipinski definition) is 2. The first kappa shape index (κ1) is 32.6. The molecular weight excluding hydrogens is 687 g/mol. The second-order valence-electron chi connectivity index (χ2n) is 16.2. The first-order valence-electron chi connectivity index (χ1n) is 20.3. The van der Waals surface area contributed by atoms with Gasteiger partial charge in [-0.15, -0.1) is 0 Å². The molecule has 12 rings (SSSR count). The highest BCUT2D eigenvalue weighted by atomic mass is 15.2. The van der Waals surface area contributed by atoms with Crippen LogP contribution in [0.5, 0.6) is 0 Å². The van der Waals surface area contributed by atoms with Crippen LogP contribution in [0.15, 0.2) is 169 Å². The normalized spacial score (nSPS) is 16.9. The van der Waals surface area contributed by atoms with Crippen molar-refractivity contribution in [3.05, 3.63) is 219 Å². The molecule has 7 aromatic carbocycles. The summed E-state index contributed by atoms with van der Waals surface area (Å²) in [6.45, 7) is 0. The van der Waals surface area contributed by atoms with Crippen molar-refractivity contribution in [3.8, 4) is 0 Å². The number of nitrogen functional groups attached to an aromatic ring is 1. The maximum Gasteiger partial charge on any atom is 0.117 e. The van der Waals surface area contributed by atoms with E-state index in [0.29, 0.717) is 0 Å². The van der Waals surface area contributed by atoms with Gasteiger partial charge in [0.15, 0.2) is 0 Å². The van der Waals surface area contributed by atoms with E-state index in [0.717, 1.165) is 65.6 Å². The van der Waals surface area contributed by atoms with E-state index in [1.54, 1.807) is 0 Å². The number of benzene rings is 7. The lowest BCUT2D eigenvalue weighted by atomic mass is 9.61. The Morgan fingerprint density at radius 3 is 2.07 bits per heavy atom. The van der Waals surface area contributed by atoms with Crippen LogP contribution in [-0.2, 0) is 11.8 Å². The molecule has 268 valence electrons. The maximum atomic E-state index is 7.78. The number of rotatable bonds is 3. The van der Waals surface area contributed by atoms with Crippen molar-refractivity contribution in [1.82, 2.24) is 0 Å². The number of nitrogens with zero attached hydrogens (tertiary/aromatic N) is 1. The predicted molar refractivity (Wildman–Crippen MR) is 240 cm³/mol. The summed E-state index contributed by atoms with van der Waals surface area (Å²) < 4.78 is 0. The number of anilines is 4. The highest BCUT2D eigenvalue weighted by Gasteiger charge is 2.49. The Kier molecular flexibility index (Phi) is 6.99. The molecule has 57 heavy (non-hydrogen) atoms. The minimum absolute atomic E-state index is 0.610. The predicted octanol–water partition coefficient (Wildman–Crippen LogP) is 12.1. The lowest BCUT2D eigenvalue weighted by Crippen LogP contribution is -2.40. The SMILES string of the molecule is [B]c1c2cc3c(c1C1=CCCC(c4cc5ccccc5cc4N)=C1c1cccc4c1N2c1ccccc1C4(c1ccccc1)c1ccccc1)C1=C(C=CCC1)C3. The van der Waals surface area contributed by atoms with Crippen LogP contribution in [0.3, 0.4) is 0 Å². The van der Waals surface area contributed by atoms with Crippen molar-refractivity contribution >= 4 is 69.1 Å². The molecule has 2 aliphatic heterocycles. The third-order valence-electron chi connectivity index (χ3n) is 13.3. The molecule has 0 saturated heterocycles. The summed E-state index contributed by atoms with van der Waals surface area (Å²) in [5.74, 6) is 0. The van der Waals surface area contributed by atoms with Crippen LogP contribution < -0.4 is 16.1 Å². The lowest BCUT2D eigenvalue weighted by molar-refractivity contribution is 0.730. The van der Waals surface area contributed by atoms with Crippen LogP contribution in [0.25, 0.3) is 33.1 Å². The maximum absolute atomic E-state index is 7.78. The fraction of sp³-hybridized carbons (Fsp3) is 0.111. The van der Waals surface area contributed by atoms with E-state index >= 15 is 0 Å². The summed E-state index contributed by atoms with van der Waals surface area (Å²) in [6.07, 6.45) is 12.0. The van der Waals surface area contributed by atoms with Gasteiger partial charge in [0.1, 0.15) is 7.85 Å². The molecule has 0 saturated carbocycles. The van der Waals surface area contributed by atoms with E-state index in [1.807, 2.05) is 0 Å². The molecule has 3 aliphatic carbocycles. The van der Waals surface area contributed by atoms with Crippen LogP contribution in [-0.4, -0.2) is 7.85 Å². The third kappa shape index (κ3) is 4.43. The van der Waals surface area contributed by atoms with Crippen LogP contribution in [0, 0.1) is 0 Å². The summed E-state index contributed by atoms with van der Waals surface area (Å²) in [7, 11) is 7.78. The van der Waals surface area contributed by atoms with Crippen LogP contribution >= 0.6 is 0 Å². The number of allylic oxidation sites excluding steroid dienone is 8. The van der Waals surface area contributed by atoms with Gasteiger partial charge in [0, 0.05) is 22.5 Å². The lowest BCUT2D eigenvalue weighted by Gasteiger charge is -2.49. The molecule has 0 aromatic heterocycles. The fourth-order valence-electron chi connectivity index (χ4n) is 11.1. The quantitative estimate of drug-likeness (QED) is 0.145. The second kappa shape index (κ2) is 12.2. The summed E-state index contributed by atoms with van der Waals surface area (Å²) in [5.41, 5.74) is 29.4. The van der Waals surface area contributed by atoms with E-state index < -0.39 is 5.41 Å². The average Bonchev–Trinajstić information content (AvgIpc) is 3.63. The molecule has 0 unspecified atom stereocenters. The number of hydrogen-bond donors (Lipinski definition) is 1. The Hall–Kier alpha value is -6.58. The molecule has 2 nitrogen and oxygen atoms in total. The van der Waals surface area contributed by atoms with Gasteiger partial charge in [-0.25, -0.2) is 0 Å². The van der Waals surface area contributed by atoms with Gasteiger partial charge in [-0.3, -0.25) is 0 Å². The zero-order valence-electron chi connectivity index (χ0n) is 31.7. The van der Waals surface area contributed by atoms with Gasteiger partial charge < -0.3 is 10.6 Å². The van der Waals surface area contributed by atoms with Gasteiger partial charge in [0.2, 0.25) is 0 Å². The zero-order valence-corrected chi connectivity index (χ0v) is 31.7.